The zero-order valence-electron chi connectivity index (χ0n) is 13.8. The molecule has 2 aromatic rings. The van der Waals surface area contributed by atoms with Gasteiger partial charge in [0.15, 0.2) is 0 Å². The number of hydrogen-bond donors (Lipinski definition) is 1. The van der Waals surface area contributed by atoms with Gasteiger partial charge in [0.1, 0.15) is 5.82 Å². The number of nitrogens with zero attached hydrogens (tertiary/aromatic N) is 3. The first-order valence-corrected chi connectivity index (χ1v) is 8.12. The van der Waals surface area contributed by atoms with Crippen molar-refractivity contribution in [3.8, 4) is 0 Å². The number of aromatic nitrogens is 2. The fraction of sp³-hybridized carbons (Fsp3) is 0.389. The van der Waals surface area contributed by atoms with Gasteiger partial charge in [-0.05, 0) is 42.7 Å². The Kier molecular flexibility index (Phi) is 6.54. The fourth-order valence-corrected chi connectivity index (χ4v) is 2.37. The normalized spacial score (nSPS) is 10.3. The van der Waals surface area contributed by atoms with Crippen molar-refractivity contribution in [2.45, 2.75) is 33.2 Å². The van der Waals surface area contributed by atoms with Crippen LogP contribution in [0, 0.1) is 0 Å². The van der Waals surface area contributed by atoms with Gasteiger partial charge >= 0.3 is 0 Å². The predicted octanol–water partition coefficient (Wildman–Crippen LogP) is 3.03. The molecule has 0 aromatic carbocycles. The van der Waals surface area contributed by atoms with Gasteiger partial charge in [0.25, 0.3) is 5.91 Å². The molecule has 2 heterocycles. The Morgan fingerprint density at radius 2 is 1.78 bits per heavy atom. The lowest BCUT2D eigenvalue weighted by Gasteiger charge is -2.22. The van der Waals surface area contributed by atoms with Crippen molar-refractivity contribution in [1.82, 2.24) is 15.3 Å². The summed E-state index contributed by atoms with van der Waals surface area (Å²) >= 11 is 0. The maximum Gasteiger partial charge on any atom is 0.253 e. The average Bonchev–Trinajstić information content (AvgIpc) is 2.60. The topological polar surface area (TPSA) is 58.1 Å². The van der Waals surface area contributed by atoms with Gasteiger partial charge in [-0.2, -0.15) is 0 Å². The molecule has 5 nitrogen and oxygen atoms in total. The average molecular weight is 312 g/mol. The highest BCUT2D eigenvalue weighted by Gasteiger charge is 2.09. The molecule has 2 aromatic heterocycles. The SMILES string of the molecule is CCCN(CCC)c1ccc(C(=O)NCc2ccncc2)cn1. The lowest BCUT2D eigenvalue weighted by atomic mass is 10.2. The van der Waals surface area contributed by atoms with E-state index in [1.807, 2.05) is 24.3 Å². The number of rotatable bonds is 8. The van der Waals surface area contributed by atoms with E-state index >= 15 is 0 Å². The van der Waals surface area contributed by atoms with Crippen molar-refractivity contribution in [3.05, 3.63) is 54.0 Å². The van der Waals surface area contributed by atoms with Crippen LogP contribution in [0.4, 0.5) is 5.82 Å². The van der Waals surface area contributed by atoms with Crippen LogP contribution >= 0.6 is 0 Å². The van der Waals surface area contributed by atoms with E-state index in [9.17, 15) is 4.79 Å². The highest BCUT2D eigenvalue weighted by Crippen LogP contribution is 2.12. The molecular formula is C18H24N4O. The molecule has 0 atom stereocenters. The Labute approximate surface area is 137 Å². The summed E-state index contributed by atoms with van der Waals surface area (Å²) in [7, 11) is 0. The molecule has 0 radical (unpaired) electrons. The van der Waals surface area contributed by atoms with Crippen molar-refractivity contribution in [1.29, 1.82) is 0 Å². The maximum atomic E-state index is 12.2. The molecule has 0 unspecified atom stereocenters. The Morgan fingerprint density at radius 3 is 2.35 bits per heavy atom. The second-order valence-electron chi connectivity index (χ2n) is 5.43. The van der Waals surface area contributed by atoms with Crippen LogP contribution in [0.2, 0.25) is 0 Å². The van der Waals surface area contributed by atoms with Gasteiger partial charge in [0.2, 0.25) is 0 Å². The number of anilines is 1. The summed E-state index contributed by atoms with van der Waals surface area (Å²) in [6, 6.07) is 7.53. The van der Waals surface area contributed by atoms with Crippen molar-refractivity contribution >= 4 is 11.7 Å². The third-order valence-electron chi connectivity index (χ3n) is 3.52. The van der Waals surface area contributed by atoms with Crippen LogP contribution in [-0.2, 0) is 6.54 Å². The highest BCUT2D eigenvalue weighted by atomic mass is 16.1. The summed E-state index contributed by atoms with van der Waals surface area (Å²) in [5.74, 6) is 0.817. The van der Waals surface area contributed by atoms with E-state index < -0.39 is 0 Å². The maximum absolute atomic E-state index is 12.2. The third kappa shape index (κ3) is 5.06. The second kappa shape index (κ2) is 8.88. The Bertz CT molecular complexity index is 592. The van der Waals surface area contributed by atoms with Crippen LogP contribution in [0.25, 0.3) is 0 Å². The van der Waals surface area contributed by atoms with E-state index in [1.54, 1.807) is 18.6 Å². The van der Waals surface area contributed by atoms with Gasteiger partial charge in [-0.1, -0.05) is 13.8 Å². The van der Waals surface area contributed by atoms with E-state index in [-0.39, 0.29) is 5.91 Å². The molecule has 0 saturated carbocycles. The van der Waals surface area contributed by atoms with Gasteiger partial charge in [-0.3, -0.25) is 9.78 Å². The second-order valence-corrected chi connectivity index (χ2v) is 5.43. The number of carbonyl (C=O) groups excluding carboxylic acids is 1. The summed E-state index contributed by atoms with van der Waals surface area (Å²) in [6.45, 7) is 6.76. The Balaban J connectivity index is 1.96. The molecule has 0 fully saturated rings. The molecule has 0 aliphatic heterocycles. The van der Waals surface area contributed by atoms with Gasteiger partial charge in [0.05, 0.1) is 5.56 Å². The fourth-order valence-electron chi connectivity index (χ4n) is 2.37. The molecule has 1 N–H and O–H groups in total. The first kappa shape index (κ1) is 16.9. The third-order valence-corrected chi connectivity index (χ3v) is 3.52. The van der Waals surface area contributed by atoms with E-state index in [2.05, 4.69) is 34.0 Å². The minimum atomic E-state index is -0.113. The number of nitrogens with one attached hydrogen (secondary N) is 1. The lowest BCUT2D eigenvalue weighted by molar-refractivity contribution is 0.0950. The van der Waals surface area contributed by atoms with Gasteiger partial charge in [-0.15, -0.1) is 0 Å². The Morgan fingerprint density at radius 1 is 1.09 bits per heavy atom. The van der Waals surface area contributed by atoms with E-state index in [4.69, 9.17) is 0 Å². The minimum absolute atomic E-state index is 0.113. The summed E-state index contributed by atoms with van der Waals surface area (Å²) in [5, 5.41) is 2.89. The summed E-state index contributed by atoms with van der Waals surface area (Å²) in [4.78, 5) is 22.8. The summed E-state index contributed by atoms with van der Waals surface area (Å²) < 4.78 is 0. The molecule has 5 heteroatoms. The monoisotopic (exact) mass is 312 g/mol. The Hall–Kier alpha value is -2.43. The number of amides is 1. The zero-order valence-corrected chi connectivity index (χ0v) is 13.8. The van der Waals surface area contributed by atoms with Crippen LogP contribution in [0.1, 0.15) is 42.6 Å². The molecular weight excluding hydrogens is 288 g/mol. The zero-order chi connectivity index (χ0) is 16.5. The minimum Gasteiger partial charge on any atom is -0.357 e. The first-order valence-electron chi connectivity index (χ1n) is 8.12. The number of carbonyl (C=O) groups is 1. The smallest absolute Gasteiger partial charge is 0.253 e. The molecule has 0 spiro atoms. The van der Waals surface area contributed by atoms with Crippen LogP contribution in [0.3, 0.4) is 0 Å². The van der Waals surface area contributed by atoms with Crippen LogP contribution in [-0.4, -0.2) is 29.0 Å². The number of hydrogen-bond acceptors (Lipinski definition) is 4. The largest absolute Gasteiger partial charge is 0.357 e. The van der Waals surface area contributed by atoms with E-state index in [1.165, 1.54) is 0 Å². The molecule has 1 amide bonds. The molecule has 23 heavy (non-hydrogen) atoms. The van der Waals surface area contributed by atoms with Crippen molar-refractivity contribution in [3.63, 3.8) is 0 Å². The van der Waals surface area contributed by atoms with Gasteiger partial charge < -0.3 is 10.2 Å². The van der Waals surface area contributed by atoms with Gasteiger partial charge in [0, 0.05) is 38.2 Å². The number of pyridine rings is 2. The van der Waals surface area contributed by atoms with Crippen LogP contribution < -0.4 is 10.2 Å². The quantitative estimate of drug-likeness (QED) is 0.814. The van der Waals surface area contributed by atoms with Crippen molar-refractivity contribution in [2.75, 3.05) is 18.0 Å². The van der Waals surface area contributed by atoms with Crippen LogP contribution in [0.15, 0.2) is 42.9 Å². The standard InChI is InChI=1S/C18H24N4O/c1-3-11-22(12-4-2)17-6-5-16(14-20-17)18(23)21-13-15-7-9-19-10-8-15/h5-10,14H,3-4,11-13H2,1-2H3,(H,21,23). The molecule has 122 valence electrons. The molecule has 0 bridgehead atoms. The molecule has 0 aliphatic rings. The van der Waals surface area contributed by atoms with Crippen molar-refractivity contribution < 1.29 is 4.79 Å². The van der Waals surface area contributed by atoms with Crippen LogP contribution in [0.5, 0.6) is 0 Å². The van der Waals surface area contributed by atoms with E-state index in [0.717, 1.165) is 37.3 Å². The molecule has 2 rings (SSSR count). The lowest BCUT2D eigenvalue weighted by Crippen LogP contribution is -2.26. The molecule has 0 aliphatic carbocycles. The predicted molar refractivity (Wildman–Crippen MR) is 92.4 cm³/mol. The van der Waals surface area contributed by atoms with Crippen molar-refractivity contribution in [2.24, 2.45) is 0 Å². The first-order chi connectivity index (χ1) is 11.2. The highest BCUT2D eigenvalue weighted by molar-refractivity contribution is 5.94. The van der Waals surface area contributed by atoms with E-state index in [0.29, 0.717) is 12.1 Å². The summed E-state index contributed by atoms with van der Waals surface area (Å²) in [5.41, 5.74) is 1.60. The summed E-state index contributed by atoms with van der Waals surface area (Å²) in [6.07, 6.45) is 7.24. The van der Waals surface area contributed by atoms with Gasteiger partial charge in [-0.25, -0.2) is 4.98 Å². The molecule has 0 saturated heterocycles.